The van der Waals surface area contributed by atoms with Crippen molar-refractivity contribution in [2.24, 2.45) is 5.92 Å². The van der Waals surface area contributed by atoms with Crippen LogP contribution in [0.4, 0.5) is 0 Å². The SMILES string of the molecule is CC(C)C[C@H](NC(=O)c1ccc(S(=O)(=O)N2CCCC2)cc1)[C@@H](O)[C@H](O)CC(=O)NCc1ccccc1. The maximum Gasteiger partial charge on any atom is 0.251 e. The number of amides is 2. The van der Waals surface area contributed by atoms with Gasteiger partial charge >= 0.3 is 0 Å². The van der Waals surface area contributed by atoms with Crippen LogP contribution >= 0.6 is 0 Å². The third-order valence-electron chi connectivity index (χ3n) is 6.39. The summed E-state index contributed by atoms with van der Waals surface area (Å²) in [4.78, 5) is 25.4. The van der Waals surface area contributed by atoms with E-state index in [2.05, 4.69) is 10.6 Å². The van der Waals surface area contributed by atoms with Crippen LogP contribution in [0.15, 0.2) is 59.5 Å². The first kappa shape index (κ1) is 28.8. The van der Waals surface area contributed by atoms with Crippen LogP contribution in [0.5, 0.6) is 0 Å². The van der Waals surface area contributed by atoms with Crippen LogP contribution in [-0.4, -0.2) is 66.1 Å². The molecular weight excluding hydrogens is 494 g/mol. The molecule has 0 aromatic heterocycles. The van der Waals surface area contributed by atoms with Crippen LogP contribution in [0.2, 0.25) is 0 Å². The average Bonchev–Trinajstić information content (AvgIpc) is 3.43. The Morgan fingerprint density at radius 2 is 1.59 bits per heavy atom. The fourth-order valence-corrected chi connectivity index (χ4v) is 5.86. The van der Waals surface area contributed by atoms with E-state index in [-0.39, 0.29) is 22.8 Å². The van der Waals surface area contributed by atoms with Crippen molar-refractivity contribution < 1.29 is 28.2 Å². The van der Waals surface area contributed by atoms with Crippen molar-refractivity contribution >= 4 is 21.8 Å². The zero-order valence-electron chi connectivity index (χ0n) is 21.3. The maximum absolute atomic E-state index is 12.9. The molecule has 3 rings (SSSR count). The van der Waals surface area contributed by atoms with Crippen molar-refractivity contribution in [3.63, 3.8) is 0 Å². The first-order valence-corrected chi connectivity index (χ1v) is 14.1. The van der Waals surface area contributed by atoms with Crippen molar-refractivity contribution in [1.82, 2.24) is 14.9 Å². The van der Waals surface area contributed by atoms with Crippen molar-refractivity contribution in [1.29, 1.82) is 0 Å². The van der Waals surface area contributed by atoms with E-state index in [0.29, 0.717) is 26.1 Å². The van der Waals surface area contributed by atoms with E-state index in [1.54, 1.807) is 0 Å². The van der Waals surface area contributed by atoms with Crippen LogP contribution in [0.1, 0.15) is 55.5 Å². The summed E-state index contributed by atoms with van der Waals surface area (Å²) < 4.78 is 26.9. The Morgan fingerprint density at radius 3 is 2.19 bits per heavy atom. The highest BCUT2D eigenvalue weighted by molar-refractivity contribution is 7.89. The molecular formula is C27H37N3O6S. The van der Waals surface area contributed by atoms with Crippen molar-refractivity contribution in [2.75, 3.05) is 13.1 Å². The van der Waals surface area contributed by atoms with Gasteiger partial charge in [0, 0.05) is 25.2 Å². The zero-order chi connectivity index (χ0) is 27.0. The number of hydrogen-bond acceptors (Lipinski definition) is 6. The summed E-state index contributed by atoms with van der Waals surface area (Å²) >= 11 is 0. The number of nitrogens with one attached hydrogen (secondary N) is 2. The summed E-state index contributed by atoms with van der Waals surface area (Å²) in [5.74, 6) is -0.831. The number of rotatable bonds is 12. The van der Waals surface area contributed by atoms with Gasteiger partial charge in [0.15, 0.2) is 0 Å². The Balaban J connectivity index is 1.60. The minimum atomic E-state index is -3.59. The first-order chi connectivity index (χ1) is 17.6. The second-order valence-electron chi connectivity index (χ2n) is 9.87. The molecule has 2 amide bonds. The molecule has 2 aromatic rings. The van der Waals surface area contributed by atoms with Gasteiger partial charge in [0.2, 0.25) is 15.9 Å². The molecule has 3 atom stereocenters. The van der Waals surface area contributed by atoms with E-state index in [9.17, 15) is 28.2 Å². The fraction of sp³-hybridized carbons (Fsp3) is 0.481. The number of hydrogen-bond donors (Lipinski definition) is 4. The van der Waals surface area contributed by atoms with Gasteiger partial charge in [-0.2, -0.15) is 4.31 Å². The van der Waals surface area contributed by atoms with Crippen LogP contribution in [0.25, 0.3) is 0 Å². The minimum Gasteiger partial charge on any atom is -0.390 e. The molecule has 202 valence electrons. The van der Waals surface area contributed by atoms with E-state index >= 15 is 0 Å². The summed E-state index contributed by atoms with van der Waals surface area (Å²) in [5.41, 5.74) is 1.14. The third-order valence-corrected chi connectivity index (χ3v) is 8.31. The summed E-state index contributed by atoms with van der Waals surface area (Å²) in [7, 11) is -3.59. The molecule has 0 bridgehead atoms. The summed E-state index contributed by atoms with van der Waals surface area (Å²) in [5, 5.41) is 26.8. The van der Waals surface area contributed by atoms with E-state index in [1.165, 1.54) is 28.6 Å². The van der Waals surface area contributed by atoms with Gasteiger partial charge in [-0.15, -0.1) is 0 Å². The minimum absolute atomic E-state index is 0.0898. The van der Waals surface area contributed by atoms with Gasteiger partial charge in [0.05, 0.1) is 23.5 Å². The van der Waals surface area contributed by atoms with Gasteiger partial charge in [-0.1, -0.05) is 44.2 Å². The largest absolute Gasteiger partial charge is 0.390 e. The maximum atomic E-state index is 12.9. The number of nitrogens with zero attached hydrogens (tertiary/aromatic N) is 1. The lowest BCUT2D eigenvalue weighted by atomic mass is 9.94. The second kappa shape index (κ2) is 13.1. The van der Waals surface area contributed by atoms with Crippen LogP contribution in [0.3, 0.4) is 0 Å². The van der Waals surface area contributed by atoms with Crippen LogP contribution in [0, 0.1) is 5.92 Å². The molecule has 0 radical (unpaired) electrons. The summed E-state index contributed by atoms with van der Waals surface area (Å²) in [6.45, 7) is 5.13. The highest BCUT2D eigenvalue weighted by atomic mass is 32.2. The van der Waals surface area contributed by atoms with Gasteiger partial charge < -0.3 is 20.8 Å². The monoisotopic (exact) mass is 531 g/mol. The topological polar surface area (TPSA) is 136 Å². The Bertz CT molecular complexity index is 1130. The number of sulfonamides is 1. The molecule has 10 heteroatoms. The summed E-state index contributed by atoms with van der Waals surface area (Å²) in [6.07, 6.45) is -1.03. The second-order valence-corrected chi connectivity index (χ2v) is 11.8. The van der Waals surface area contributed by atoms with Gasteiger partial charge in [0.25, 0.3) is 5.91 Å². The Kier molecular flexibility index (Phi) is 10.2. The number of aliphatic hydroxyl groups excluding tert-OH is 2. The number of aliphatic hydroxyl groups is 2. The number of carbonyl (C=O) groups is 2. The molecule has 2 aromatic carbocycles. The standard InChI is InChI=1S/C27H37N3O6S/c1-19(2)16-23(26(33)24(31)17-25(32)28-18-20-8-4-3-5-9-20)29-27(34)21-10-12-22(13-11-21)37(35,36)30-14-6-7-15-30/h3-5,8-13,19,23-24,26,31,33H,6-7,14-18H2,1-2H3,(H,28,32)(H,29,34)/t23-,24+,26+/m0/s1. The van der Waals surface area contributed by atoms with Crippen molar-refractivity contribution in [2.45, 2.75) is 69.2 Å². The molecule has 9 nitrogen and oxygen atoms in total. The van der Waals surface area contributed by atoms with Gasteiger partial charge in [-0.05, 0) is 55.0 Å². The third kappa shape index (κ3) is 8.10. The molecule has 1 aliphatic rings. The zero-order valence-corrected chi connectivity index (χ0v) is 22.2. The van der Waals surface area contributed by atoms with Crippen molar-refractivity contribution in [3.8, 4) is 0 Å². The van der Waals surface area contributed by atoms with E-state index in [0.717, 1.165) is 18.4 Å². The van der Waals surface area contributed by atoms with Crippen LogP contribution in [-0.2, 0) is 21.4 Å². The Hall–Kier alpha value is -2.79. The van der Waals surface area contributed by atoms with Crippen LogP contribution < -0.4 is 10.6 Å². The molecule has 1 aliphatic heterocycles. The predicted molar refractivity (Wildman–Crippen MR) is 140 cm³/mol. The van der Waals surface area contributed by atoms with Gasteiger partial charge in [-0.3, -0.25) is 9.59 Å². The lowest BCUT2D eigenvalue weighted by Gasteiger charge is -2.29. The summed E-state index contributed by atoms with van der Waals surface area (Å²) in [6, 6.07) is 14.2. The lowest BCUT2D eigenvalue weighted by Crippen LogP contribution is -2.50. The molecule has 1 fully saturated rings. The molecule has 37 heavy (non-hydrogen) atoms. The fourth-order valence-electron chi connectivity index (χ4n) is 4.35. The van der Waals surface area contributed by atoms with E-state index in [1.807, 2.05) is 44.2 Å². The highest BCUT2D eigenvalue weighted by Crippen LogP contribution is 2.21. The molecule has 1 heterocycles. The number of carbonyl (C=O) groups excluding carboxylic acids is 2. The normalized spacial score (nSPS) is 16.8. The van der Waals surface area contributed by atoms with E-state index in [4.69, 9.17) is 0 Å². The Morgan fingerprint density at radius 1 is 0.973 bits per heavy atom. The first-order valence-electron chi connectivity index (χ1n) is 12.7. The molecule has 0 spiro atoms. The molecule has 4 N–H and O–H groups in total. The molecule has 0 saturated carbocycles. The van der Waals surface area contributed by atoms with Crippen molar-refractivity contribution in [3.05, 3.63) is 65.7 Å². The molecule has 1 saturated heterocycles. The smallest absolute Gasteiger partial charge is 0.251 e. The lowest BCUT2D eigenvalue weighted by molar-refractivity contribution is -0.125. The quantitative estimate of drug-likeness (QED) is 0.331. The van der Waals surface area contributed by atoms with Gasteiger partial charge in [0.1, 0.15) is 6.10 Å². The molecule has 0 aliphatic carbocycles. The number of benzene rings is 2. The van der Waals surface area contributed by atoms with E-state index < -0.39 is 40.1 Å². The average molecular weight is 532 g/mol. The Labute approximate surface area is 218 Å². The van der Waals surface area contributed by atoms with Gasteiger partial charge in [-0.25, -0.2) is 8.42 Å². The highest BCUT2D eigenvalue weighted by Gasteiger charge is 2.31. The predicted octanol–water partition coefficient (Wildman–Crippen LogP) is 2.04. The molecule has 0 unspecified atom stereocenters.